The van der Waals surface area contributed by atoms with E-state index in [-0.39, 0.29) is 12.3 Å². The van der Waals surface area contributed by atoms with Gasteiger partial charge in [0.05, 0.1) is 7.11 Å². The number of anilines is 1. The monoisotopic (exact) mass is 354 g/mol. The molecule has 5 nitrogen and oxygen atoms in total. The molecule has 0 unspecified atom stereocenters. The molecular formula is C16H16F2N2O3S. The van der Waals surface area contributed by atoms with E-state index in [1.54, 1.807) is 30.3 Å². The van der Waals surface area contributed by atoms with Crippen LogP contribution in [0.5, 0.6) is 11.5 Å². The number of amides is 2. The minimum Gasteiger partial charge on any atom is -0.504 e. The average molecular weight is 354 g/mol. The lowest BCUT2D eigenvalue weighted by Gasteiger charge is -2.11. The number of urea groups is 1. The molecule has 2 amide bonds. The number of nitrogens with one attached hydrogen (secondary N) is 2. The average Bonchev–Trinajstić information content (AvgIpc) is 2.53. The van der Waals surface area contributed by atoms with Crippen molar-refractivity contribution in [1.29, 1.82) is 0 Å². The van der Waals surface area contributed by atoms with Crippen molar-refractivity contribution >= 4 is 23.5 Å². The number of rotatable bonds is 6. The van der Waals surface area contributed by atoms with Crippen LogP contribution in [0.1, 0.15) is 5.56 Å². The number of hydrogen-bond donors (Lipinski definition) is 3. The fourth-order valence-corrected chi connectivity index (χ4v) is 2.53. The van der Waals surface area contributed by atoms with Crippen LogP contribution in [-0.4, -0.2) is 24.0 Å². The van der Waals surface area contributed by atoms with Crippen molar-refractivity contribution < 1.29 is 23.4 Å². The molecule has 2 aromatic rings. The van der Waals surface area contributed by atoms with Crippen LogP contribution in [0, 0.1) is 0 Å². The number of para-hydroxylation sites is 1. The summed E-state index contributed by atoms with van der Waals surface area (Å²) in [5.74, 6) is -2.26. The number of benzene rings is 2. The van der Waals surface area contributed by atoms with Crippen molar-refractivity contribution in [3.05, 3.63) is 48.0 Å². The number of aromatic hydroxyl groups is 1. The van der Waals surface area contributed by atoms with E-state index in [0.29, 0.717) is 33.7 Å². The van der Waals surface area contributed by atoms with E-state index in [1.165, 1.54) is 19.2 Å². The number of hydrogen-bond acceptors (Lipinski definition) is 4. The fourth-order valence-electron chi connectivity index (χ4n) is 1.98. The molecule has 128 valence electrons. The predicted molar refractivity (Wildman–Crippen MR) is 88.8 cm³/mol. The Morgan fingerprint density at radius 2 is 2.04 bits per heavy atom. The molecule has 0 saturated heterocycles. The summed E-state index contributed by atoms with van der Waals surface area (Å²) in [6, 6.07) is 10.6. The van der Waals surface area contributed by atoms with E-state index in [4.69, 9.17) is 4.74 Å². The van der Waals surface area contributed by atoms with E-state index in [2.05, 4.69) is 10.6 Å². The summed E-state index contributed by atoms with van der Waals surface area (Å²) in [6.45, 7) is 0.0837. The molecule has 0 aliphatic heterocycles. The number of phenols is 1. The number of halogens is 2. The van der Waals surface area contributed by atoms with Crippen molar-refractivity contribution in [2.24, 2.45) is 0 Å². The van der Waals surface area contributed by atoms with Gasteiger partial charge in [0.2, 0.25) is 0 Å². The molecule has 0 fully saturated rings. The minimum atomic E-state index is -2.52. The summed E-state index contributed by atoms with van der Waals surface area (Å²) < 4.78 is 29.7. The quantitative estimate of drug-likeness (QED) is 0.685. The Labute approximate surface area is 142 Å². The van der Waals surface area contributed by atoms with Gasteiger partial charge in [-0.15, -0.1) is 0 Å². The van der Waals surface area contributed by atoms with Crippen molar-refractivity contribution in [1.82, 2.24) is 5.32 Å². The van der Waals surface area contributed by atoms with Gasteiger partial charge < -0.3 is 20.5 Å². The van der Waals surface area contributed by atoms with E-state index in [9.17, 15) is 18.7 Å². The molecular weight excluding hydrogens is 338 g/mol. The Kier molecular flexibility index (Phi) is 6.25. The number of thioether (sulfide) groups is 1. The maximum absolute atomic E-state index is 12.4. The predicted octanol–water partition coefficient (Wildman–Crippen LogP) is 4.04. The molecule has 0 radical (unpaired) electrons. The molecule has 24 heavy (non-hydrogen) atoms. The van der Waals surface area contributed by atoms with Crippen LogP contribution in [-0.2, 0) is 6.54 Å². The van der Waals surface area contributed by atoms with Gasteiger partial charge in [0.1, 0.15) is 0 Å². The van der Waals surface area contributed by atoms with E-state index >= 15 is 0 Å². The van der Waals surface area contributed by atoms with Gasteiger partial charge in [-0.3, -0.25) is 0 Å². The normalized spacial score (nSPS) is 10.5. The SMILES string of the molecule is COc1cccc(CNC(=O)Nc2cccc(SC(F)F)c2)c1O. The van der Waals surface area contributed by atoms with Gasteiger partial charge >= 0.3 is 6.03 Å². The van der Waals surface area contributed by atoms with Crippen LogP contribution in [0.15, 0.2) is 47.4 Å². The standard InChI is InChI=1S/C16H16F2N2O3S/c1-23-13-7-2-4-10(14(13)21)9-19-16(22)20-11-5-3-6-12(8-11)24-15(17)18/h2-8,15,21H,9H2,1H3,(H2,19,20,22). The van der Waals surface area contributed by atoms with Gasteiger partial charge in [0.15, 0.2) is 11.5 Å². The summed E-state index contributed by atoms with van der Waals surface area (Å²) in [6.07, 6.45) is 0. The molecule has 0 spiro atoms. The summed E-state index contributed by atoms with van der Waals surface area (Å²) >= 11 is 0.404. The minimum absolute atomic E-state index is 0.0457. The number of alkyl halides is 2. The van der Waals surface area contributed by atoms with Crippen molar-refractivity contribution in [3.8, 4) is 11.5 Å². The Hall–Kier alpha value is -2.48. The van der Waals surface area contributed by atoms with Crippen LogP contribution in [0.3, 0.4) is 0 Å². The fraction of sp³-hybridized carbons (Fsp3) is 0.188. The highest BCUT2D eigenvalue weighted by Gasteiger charge is 2.10. The number of methoxy groups -OCH3 is 1. The van der Waals surface area contributed by atoms with Crippen LogP contribution in [0.4, 0.5) is 19.3 Å². The Bertz CT molecular complexity index is 713. The highest BCUT2D eigenvalue weighted by Crippen LogP contribution is 2.29. The summed E-state index contributed by atoms with van der Waals surface area (Å²) in [4.78, 5) is 12.2. The second kappa shape index (κ2) is 8.39. The molecule has 0 saturated carbocycles. The Balaban J connectivity index is 1.94. The lowest BCUT2D eigenvalue weighted by Crippen LogP contribution is -2.28. The van der Waals surface area contributed by atoms with Gasteiger partial charge in [0.25, 0.3) is 5.76 Å². The summed E-state index contributed by atoms with van der Waals surface area (Å²) in [5, 5.41) is 15.1. The molecule has 3 N–H and O–H groups in total. The molecule has 0 aromatic heterocycles. The molecule has 0 bridgehead atoms. The van der Waals surface area contributed by atoms with Crippen LogP contribution in [0.2, 0.25) is 0 Å². The zero-order valence-corrected chi connectivity index (χ0v) is 13.6. The molecule has 0 aliphatic carbocycles. The second-order valence-corrected chi connectivity index (χ2v) is 5.75. The number of carbonyl (C=O) groups excluding carboxylic acids is 1. The van der Waals surface area contributed by atoms with Gasteiger partial charge in [-0.1, -0.05) is 30.0 Å². The lowest BCUT2D eigenvalue weighted by molar-refractivity contribution is 0.251. The smallest absolute Gasteiger partial charge is 0.319 e. The number of ether oxygens (including phenoxy) is 1. The van der Waals surface area contributed by atoms with E-state index in [1.807, 2.05) is 0 Å². The van der Waals surface area contributed by atoms with Crippen molar-refractivity contribution in [3.63, 3.8) is 0 Å². The highest BCUT2D eigenvalue weighted by atomic mass is 32.2. The first-order chi connectivity index (χ1) is 11.5. The first kappa shape index (κ1) is 17.9. The number of phenolic OH excluding ortho intramolecular Hbond substituents is 1. The van der Waals surface area contributed by atoms with Crippen molar-refractivity contribution in [2.45, 2.75) is 17.2 Å². The van der Waals surface area contributed by atoms with Crippen molar-refractivity contribution in [2.75, 3.05) is 12.4 Å². The zero-order valence-electron chi connectivity index (χ0n) is 12.8. The molecule has 0 heterocycles. The molecule has 0 aliphatic rings. The third kappa shape index (κ3) is 5.02. The van der Waals surface area contributed by atoms with Gasteiger partial charge in [-0.05, 0) is 24.3 Å². The first-order valence-electron chi connectivity index (χ1n) is 6.94. The Morgan fingerprint density at radius 3 is 2.75 bits per heavy atom. The van der Waals surface area contributed by atoms with E-state index in [0.717, 1.165) is 0 Å². The zero-order chi connectivity index (χ0) is 17.5. The van der Waals surface area contributed by atoms with Gasteiger partial charge in [0, 0.05) is 22.7 Å². The second-order valence-electron chi connectivity index (χ2n) is 4.68. The topological polar surface area (TPSA) is 70.6 Å². The first-order valence-corrected chi connectivity index (χ1v) is 7.82. The van der Waals surface area contributed by atoms with E-state index < -0.39 is 11.8 Å². The third-order valence-corrected chi connectivity index (χ3v) is 3.76. The Morgan fingerprint density at radius 1 is 1.29 bits per heavy atom. The van der Waals surface area contributed by atoms with Gasteiger partial charge in [-0.25, -0.2) is 4.79 Å². The van der Waals surface area contributed by atoms with Gasteiger partial charge in [-0.2, -0.15) is 8.78 Å². The van der Waals surface area contributed by atoms with Crippen LogP contribution >= 0.6 is 11.8 Å². The largest absolute Gasteiger partial charge is 0.504 e. The number of carbonyl (C=O) groups is 1. The third-order valence-electron chi connectivity index (χ3n) is 3.06. The van der Waals surface area contributed by atoms with Crippen LogP contribution < -0.4 is 15.4 Å². The molecule has 2 aromatic carbocycles. The summed E-state index contributed by atoms with van der Waals surface area (Å²) in [7, 11) is 1.43. The lowest BCUT2D eigenvalue weighted by atomic mass is 10.2. The van der Waals surface area contributed by atoms with Crippen LogP contribution in [0.25, 0.3) is 0 Å². The maximum Gasteiger partial charge on any atom is 0.319 e. The highest BCUT2D eigenvalue weighted by molar-refractivity contribution is 7.99. The molecule has 2 rings (SSSR count). The molecule has 0 atom stereocenters. The molecule has 8 heteroatoms. The summed E-state index contributed by atoms with van der Waals surface area (Å²) in [5.41, 5.74) is 0.888. The maximum atomic E-state index is 12.4.